The van der Waals surface area contributed by atoms with E-state index in [1.165, 1.54) is 12.8 Å². The van der Waals surface area contributed by atoms with Gasteiger partial charge in [-0.3, -0.25) is 0 Å². The maximum atomic E-state index is 5.88. The van der Waals surface area contributed by atoms with E-state index in [1.54, 1.807) is 0 Å². The molecular weight excluding hydrogens is 176 g/mol. The summed E-state index contributed by atoms with van der Waals surface area (Å²) in [7, 11) is 0. The van der Waals surface area contributed by atoms with Gasteiger partial charge in [0.15, 0.2) is 0 Å². The average Bonchev–Trinajstić information content (AvgIpc) is 2.28. The summed E-state index contributed by atoms with van der Waals surface area (Å²) in [5.41, 5.74) is 23.5. The van der Waals surface area contributed by atoms with E-state index in [0.717, 1.165) is 12.8 Å². The van der Waals surface area contributed by atoms with Crippen LogP contribution in [0.2, 0.25) is 0 Å². The minimum absolute atomic E-state index is 0.0191. The first-order valence-electron chi connectivity index (χ1n) is 5.50. The molecule has 1 aliphatic carbocycles. The van der Waals surface area contributed by atoms with Crippen LogP contribution in [0.25, 0.3) is 0 Å². The molecule has 4 nitrogen and oxygen atoms in total. The smallest absolute Gasteiger partial charge is 0.00285 e. The fraction of sp³-hybridized carbons (Fsp3) is 1.00. The molecule has 0 aromatic rings. The van der Waals surface area contributed by atoms with Crippen molar-refractivity contribution in [1.29, 1.82) is 0 Å². The minimum atomic E-state index is -0.0191. The van der Waals surface area contributed by atoms with E-state index in [-0.39, 0.29) is 10.8 Å². The van der Waals surface area contributed by atoms with Gasteiger partial charge in [-0.25, -0.2) is 0 Å². The molecule has 1 rings (SSSR count). The highest BCUT2D eigenvalue weighted by Gasteiger charge is 2.49. The molecule has 14 heavy (non-hydrogen) atoms. The minimum Gasteiger partial charge on any atom is -0.330 e. The van der Waals surface area contributed by atoms with Gasteiger partial charge >= 0.3 is 0 Å². The van der Waals surface area contributed by atoms with Crippen LogP contribution in [0.5, 0.6) is 0 Å². The SMILES string of the molecule is NCC1(CN)CCCCC1(CN)CN. The van der Waals surface area contributed by atoms with Gasteiger partial charge in [0.05, 0.1) is 0 Å². The van der Waals surface area contributed by atoms with Crippen LogP contribution < -0.4 is 22.9 Å². The molecular formula is C10H24N4. The van der Waals surface area contributed by atoms with Gasteiger partial charge in [-0.05, 0) is 39.0 Å². The van der Waals surface area contributed by atoms with Gasteiger partial charge in [0.2, 0.25) is 0 Å². The van der Waals surface area contributed by atoms with E-state index >= 15 is 0 Å². The summed E-state index contributed by atoms with van der Waals surface area (Å²) in [6, 6.07) is 0. The molecule has 0 aromatic heterocycles. The zero-order valence-corrected chi connectivity index (χ0v) is 8.97. The van der Waals surface area contributed by atoms with Crippen molar-refractivity contribution in [3.63, 3.8) is 0 Å². The van der Waals surface area contributed by atoms with Crippen molar-refractivity contribution in [3.05, 3.63) is 0 Å². The van der Waals surface area contributed by atoms with Gasteiger partial charge in [-0.2, -0.15) is 0 Å². The molecule has 1 aliphatic rings. The molecule has 8 N–H and O–H groups in total. The first-order valence-corrected chi connectivity index (χ1v) is 5.50. The van der Waals surface area contributed by atoms with Crippen molar-refractivity contribution in [2.24, 2.45) is 33.8 Å². The van der Waals surface area contributed by atoms with Crippen LogP contribution in [0.15, 0.2) is 0 Å². The summed E-state index contributed by atoms with van der Waals surface area (Å²) in [6.45, 7) is 2.44. The normalized spacial score (nSPS) is 24.9. The molecule has 4 heteroatoms. The van der Waals surface area contributed by atoms with E-state index in [4.69, 9.17) is 22.9 Å². The van der Waals surface area contributed by atoms with Crippen molar-refractivity contribution < 1.29 is 0 Å². The van der Waals surface area contributed by atoms with E-state index in [2.05, 4.69) is 0 Å². The summed E-state index contributed by atoms with van der Waals surface area (Å²) in [5.74, 6) is 0. The molecule has 0 heterocycles. The Bertz CT molecular complexity index is 153. The Balaban J connectivity index is 2.96. The van der Waals surface area contributed by atoms with Crippen molar-refractivity contribution in [3.8, 4) is 0 Å². The lowest BCUT2D eigenvalue weighted by Crippen LogP contribution is -2.60. The van der Waals surface area contributed by atoms with E-state index in [9.17, 15) is 0 Å². The van der Waals surface area contributed by atoms with Crippen LogP contribution in [0.4, 0.5) is 0 Å². The van der Waals surface area contributed by atoms with Crippen LogP contribution in [0.3, 0.4) is 0 Å². The zero-order valence-electron chi connectivity index (χ0n) is 8.97. The second-order valence-corrected chi connectivity index (χ2v) is 4.58. The number of rotatable bonds is 4. The molecule has 0 spiro atoms. The number of nitrogens with two attached hydrogens (primary N) is 4. The van der Waals surface area contributed by atoms with Crippen molar-refractivity contribution >= 4 is 0 Å². The Morgan fingerprint density at radius 1 is 0.643 bits per heavy atom. The van der Waals surface area contributed by atoms with Gasteiger partial charge in [0.25, 0.3) is 0 Å². The van der Waals surface area contributed by atoms with Gasteiger partial charge in [0.1, 0.15) is 0 Å². The Morgan fingerprint density at radius 3 is 1.14 bits per heavy atom. The Labute approximate surface area is 86.4 Å². The molecule has 1 saturated carbocycles. The van der Waals surface area contributed by atoms with Gasteiger partial charge < -0.3 is 22.9 Å². The summed E-state index contributed by atoms with van der Waals surface area (Å²) in [6.07, 6.45) is 4.56. The van der Waals surface area contributed by atoms with Gasteiger partial charge in [-0.1, -0.05) is 12.8 Å². The third kappa shape index (κ3) is 1.56. The molecule has 0 atom stereocenters. The third-order valence-electron chi connectivity index (χ3n) is 4.25. The topological polar surface area (TPSA) is 104 Å². The summed E-state index contributed by atoms with van der Waals surface area (Å²) >= 11 is 0. The Kier molecular flexibility index (Phi) is 3.89. The summed E-state index contributed by atoms with van der Waals surface area (Å²) in [4.78, 5) is 0. The average molecular weight is 200 g/mol. The third-order valence-corrected chi connectivity index (χ3v) is 4.25. The summed E-state index contributed by atoms with van der Waals surface area (Å²) < 4.78 is 0. The Hall–Kier alpha value is -0.160. The highest BCUT2D eigenvalue weighted by molar-refractivity contribution is 5.03. The maximum Gasteiger partial charge on any atom is 0.00285 e. The van der Waals surface area contributed by atoms with E-state index in [0.29, 0.717) is 26.2 Å². The highest BCUT2D eigenvalue weighted by atomic mass is 14.8. The van der Waals surface area contributed by atoms with E-state index < -0.39 is 0 Å². The molecule has 84 valence electrons. The van der Waals surface area contributed by atoms with Crippen molar-refractivity contribution in [2.75, 3.05) is 26.2 Å². The van der Waals surface area contributed by atoms with Crippen molar-refractivity contribution in [1.82, 2.24) is 0 Å². The summed E-state index contributed by atoms with van der Waals surface area (Å²) in [5, 5.41) is 0. The molecule has 0 radical (unpaired) electrons. The predicted molar refractivity (Wildman–Crippen MR) is 59.6 cm³/mol. The van der Waals surface area contributed by atoms with E-state index in [1.807, 2.05) is 0 Å². The first-order chi connectivity index (χ1) is 6.70. The first kappa shape index (κ1) is 11.9. The van der Waals surface area contributed by atoms with Gasteiger partial charge in [0, 0.05) is 10.8 Å². The molecule has 0 saturated heterocycles. The lowest BCUT2D eigenvalue weighted by molar-refractivity contribution is 0.0139. The van der Waals surface area contributed by atoms with Crippen LogP contribution in [0, 0.1) is 10.8 Å². The van der Waals surface area contributed by atoms with Crippen LogP contribution in [-0.2, 0) is 0 Å². The van der Waals surface area contributed by atoms with Gasteiger partial charge in [-0.15, -0.1) is 0 Å². The zero-order chi connectivity index (χ0) is 10.7. The number of hydrogen-bond donors (Lipinski definition) is 4. The second-order valence-electron chi connectivity index (χ2n) is 4.58. The molecule has 0 aromatic carbocycles. The lowest BCUT2D eigenvalue weighted by Gasteiger charge is -2.52. The predicted octanol–water partition coefficient (Wildman–Crippen LogP) is -0.632. The van der Waals surface area contributed by atoms with Crippen LogP contribution in [0.1, 0.15) is 25.7 Å². The Morgan fingerprint density at radius 2 is 0.929 bits per heavy atom. The second kappa shape index (κ2) is 4.57. The molecule has 1 fully saturated rings. The largest absolute Gasteiger partial charge is 0.330 e. The quantitative estimate of drug-likeness (QED) is 0.485. The molecule has 0 bridgehead atoms. The van der Waals surface area contributed by atoms with Crippen LogP contribution in [-0.4, -0.2) is 26.2 Å². The molecule has 0 aliphatic heterocycles. The number of hydrogen-bond acceptors (Lipinski definition) is 4. The monoisotopic (exact) mass is 200 g/mol. The molecule has 0 amide bonds. The standard InChI is InChI=1S/C10H24N4/c11-5-9(6-12)3-1-2-4-10(9,7-13)8-14/h1-8,11-14H2. The maximum absolute atomic E-state index is 5.88. The highest BCUT2D eigenvalue weighted by Crippen LogP contribution is 2.48. The van der Waals surface area contributed by atoms with Crippen LogP contribution >= 0.6 is 0 Å². The van der Waals surface area contributed by atoms with Crippen molar-refractivity contribution in [2.45, 2.75) is 25.7 Å². The fourth-order valence-corrected chi connectivity index (χ4v) is 2.90. The molecule has 0 unspecified atom stereocenters. The lowest BCUT2D eigenvalue weighted by atomic mass is 9.55. The fourth-order valence-electron chi connectivity index (χ4n) is 2.90.